The Morgan fingerprint density at radius 1 is 0.897 bits per heavy atom. The third kappa shape index (κ3) is 4.50. The Bertz CT molecular complexity index is 1050. The van der Waals surface area contributed by atoms with E-state index >= 15 is 0 Å². The van der Waals surface area contributed by atoms with Gasteiger partial charge >= 0.3 is 5.69 Å². The number of nitrogens with one attached hydrogen (secondary N) is 1. The molecule has 0 bridgehead atoms. The van der Waals surface area contributed by atoms with Crippen molar-refractivity contribution in [3.05, 3.63) is 104 Å². The average Bonchev–Trinajstić information content (AvgIpc) is 2.70. The molecule has 0 aliphatic rings. The predicted molar refractivity (Wildman–Crippen MR) is 104 cm³/mol. The molecule has 0 heterocycles. The minimum atomic E-state index is -0.761. The van der Waals surface area contributed by atoms with Crippen molar-refractivity contribution < 1.29 is 19.3 Å². The van der Waals surface area contributed by atoms with E-state index in [-0.39, 0.29) is 11.4 Å². The lowest BCUT2D eigenvalue weighted by atomic mass is 10.0. The number of rotatable bonds is 6. The van der Waals surface area contributed by atoms with E-state index in [1.165, 1.54) is 42.5 Å². The highest BCUT2D eigenvalue weighted by molar-refractivity contribution is 6.13. The summed E-state index contributed by atoms with van der Waals surface area (Å²) < 4.78 is 13.3. The van der Waals surface area contributed by atoms with Gasteiger partial charge in [0.15, 0.2) is 0 Å². The Labute approximate surface area is 163 Å². The number of halogens is 1. The maximum atomic E-state index is 13.3. The Morgan fingerprint density at radius 3 is 2.03 bits per heavy atom. The first-order valence-corrected chi connectivity index (χ1v) is 8.17. The normalized spacial score (nSPS) is 11.1. The molecule has 0 atom stereocenters. The molecule has 0 fully saturated rings. The number of hydrazone groups is 1. The van der Waals surface area contributed by atoms with Crippen molar-refractivity contribution in [3.8, 4) is 5.75 Å². The standard InChI is InChI=1S/C19H13FN4O5/c20-14-5-1-12(2-6-14)19(13-3-8-16(25)9-4-13)22-21-17-10-7-15(23(26)27)11-18(17)24(28)29/h1-11,21,25H. The number of benzene rings is 3. The number of phenols is 1. The van der Waals surface area contributed by atoms with Crippen LogP contribution in [0.25, 0.3) is 0 Å². The molecular formula is C19H13FN4O5. The number of hydrogen-bond acceptors (Lipinski definition) is 7. The molecule has 2 N–H and O–H groups in total. The number of nitro benzene ring substituents is 2. The van der Waals surface area contributed by atoms with Crippen molar-refractivity contribution in [3.63, 3.8) is 0 Å². The predicted octanol–water partition coefficient (Wildman–Crippen LogP) is 4.21. The quantitative estimate of drug-likeness (QED) is 0.364. The monoisotopic (exact) mass is 396 g/mol. The molecule has 0 unspecified atom stereocenters. The number of non-ortho nitro benzene ring substituents is 1. The zero-order valence-corrected chi connectivity index (χ0v) is 14.7. The van der Waals surface area contributed by atoms with Crippen LogP contribution in [0.5, 0.6) is 5.75 Å². The van der Waals surface area contributed by atoms with Crippen LogP contribution in [0.15, 0.2) is 71.8 Å². The zero-order valence-electron chi connectivity index (χ0n) is 14.7. The van der Waals surface area contributed by atoms with Crippen LogP contribution in [0, 0.1) is 26.0 Å². The van der Waals surface area contributed by atoms with Crippen molar-refractivity contribution in [1.29, 1.82) is 0 Å². The van der Waals surface area contributed by atoms with Crippen LogP contribution in [0.1, 0.15) is 11.1 Å². The van der Waals surface area contributed by atoms with Gasteiger partial charge in [0.2, 0.25) is 0 Å². The summed E-state index contributed by atoms with van der Waals surface area (Å²) in [4.78, 5) is 20.6. The van der Waals surface area contributed by atoms with Crippen LogP contribution in [0.2, 0.25) is 0 Å². The maximum absolute atomic E-state index is 13.3. The molecule has 10 heteroatoms. The van der Waals surface area contributed by atoms with Crippen molar-refractivity contribution in [2.45, 2.75) is 0 Å². The summed E-state index contributed by atoms with van der Waals surface area (Å²) in [6.07, 6.45) is 0. The summed E-state index contributed by atoms with van der Waals surface area (Å²) in [6, 6.07) is 14.6. The van der Waals surface area contributed by atoms with E-state index in [0.717, 1.165) is 12.1 Å². The number of phenolic OH excluding ortho intramolecular Hbond substituents is 1. The van der Waals surface area contributed by atoms with Gasteiger partial charge in [-0.05, 0) is 54.6 Å². The smallest absolute Gasteiger partial charge is 0.301 e. The highest BCUT2D eigenvalue weighted by atomic mass is 19.1. The summed E-state index contributed by atoms with van der Waals surface area (Å²) in [5.74, 6) is -0.413. The third-order valence-corrected chi connectivity index (χ3v) is 3.94. The molecule has 0 aromatic heterocycles. The third-order valence-electron chi connectivity index (χ3n) is 3.94. The fourth-order valence-corrected chi connectivity index (χ4v) is 2.52. The summed E-state index contributed by atoms with van der Waals surface area (Å²) in [7, 11) is 0. The van der Waals surface area contributed by atoms with Gasteiger partial charge in [-0.25, -0.2) is 4.39 Å². The first-order chi connectivity index (χ1) is 13.8. The van der Waals surface area contributed by atoms with Crippen molar-refractivity contribution >= 4 is 22.8 Å². The van der Waals surface area contributed by atoms with Crippen LogP contribution >= 0.6 is 0 Å². The first-order valence-electron chi connectivity index (χ1n) is 8.17. The van der Waals surface area contributed by atoms with Crippen molar-refractivity contribution in [2.24, 2.45) is 5.10 Å². The van der Waals surface area contributed by atoms with Gasteiger partial charge in [-0.1, -0.05) is 0 Å². The number of nitro groups is 2. The highest BCUT2D eigenvalue weighted by Crippen LogP contribution is 2.29. The largest absolute Gasteiger partial charge is 0.508 e. The lowest BCUT2D eigenvalue weighted by Gasteiger charge is -2.09. The van der Waals surface area contributed by atoms with Gasteiger partial charge in [0.25, 0.3) is 5.69 Å². The molecule has 0 saturated carbocycles. The molecule has 9 nitrogen and oxygen atoms in total. The van der Waals surface area contributed by atoms with Crippen molar-refractivity contribution in [1.82, 2.24) is 0 Å². The Hall–Kier alpha value is -4.34. The molecule has 146 valence electrons. The average molecular weight is 396 g/mol. The van der Waals surface area contributed by atoms with E-state index in [2.05, 4.69) is 10.5 Å². The van der Waals surface area contributed by atoms with E-state index in [4.69, 9.17) is 0 Å². The van der Waals surface area contributed by atoms with Crippen LogP contribution < -0.4 is 5.43 Å². The van der Waals surface area contributed by atoms with Crippen LogP contribution in [-0.2, 0) is 0 Å². The van der Waals surface area contributed by atoms with Crippen LogP contribution in [-0.4, -0.2) is 20.7 Å². The lowest BCUT2D eigenvalue weighted by Crippen LogP contribution is -2.07. The summed E-state index contributed by atoms with van der Waals surface area (Å²) >= 11 is 0. The fourth-order valence-electron chi connectivity index (χ4n) is 2.52. The molecule has 0 amide bonds. The van der Waals surface area contributed by atoms with E-state index in [1.54, 1.807) is 12.1 Å². The van der Waals surface area contributed by atoms with Gasteiger partial charge in [-0.3, -0.25) is 25.7 Å². The summed E-state index contributed by atoms with van der Waals surface area (Å²) in [6.45, 7) is 0. The topological polar surface area (TPSA) is 131 Å². The Kier molecular flexibility index (Phi) is 5.44. The minimum Gasteiger partial charge on any atom is -0.508 e. The number of aromatic hydroxyl groups is 1. The molecule has 0 aliphatic heterocycles. The Morgan fingerprint density at radius 2 is 1.48 bits per heavy atom. The SMILES string of the molecule is O=[N+]([O-])c1ccc(NN=C(c2ccc(O)cc2)c2ccc(F)cc2)c([N+](=O)[O-])c1. The van der Waals surface area contributed by atoms with E-state index < -0.39 is 27.0 Å². The highest BCUT2D eigenvalue weighted by Gasteiger charge is 2.19. The zero-order chi connectivity index (χ0) is 21.0. The fraction of sp³-hybridized carbons (Fsp3) is 0. The number of anilines is 1. The van der Waals surface area contributed by atoms with E-state index in [9.17, 15) is 29.7 Å². The number of hydrogen-bond donors (Lipinski definition) is 2. The second-order valence-electron chi connectivity index (χ2n) is 5.84. The van der Waals surface area contributed by atoms with Gasteiger partial charge in [0, 0.05) is 17.2 Å². The van der Waals surface area contributed by atoms with Gasteiger partial charge in [-0.2, -0.15) is 5.10 Å². The summed E-state index contributed by atoms with van der Waals surface area (Å²) in [5, 5.41) is 35.8. The van der Waals surface area contributed by atoms with E-state index in [0.29, 0.717) is 16.8 Å². The molecule has 3 aromatic carbocycles. The van der Waals surface area contributed by atoms with Gasteiger partial charge in [0.1, 0.15) is 17.3 Å². The van der Waals surface area contributed by atoms with Crippen LogP contribution in [0.4, 0.5) is 21.5 Å². The summed E-state index contributed by atoms with van der Waals surface area (Å²) in [5.41, 5.74) is 2.92. The van der Waals surface area contributed by atoms with Gasteiger partial charge < -0.3 is 5.11 Å². The molecule has 0 radical (unpaired) electrons. The Balaban J connectivity index is 2.05. The minimum absolute atomic E-state index is 0.0335. The number of nitrogens with zero attached hydrogens (tertiary/aromatic N) is 3. The van der Waals surface area contributed by atoms with E-state index in [1.807, 2.05) is 0 Å². The van der Waals surface area contributed by atoms with Crippen molar-refractivity contribution in [2.75, 3.05) is 5.43 Å². The molecule has 0 saturated heterocycles. The second kappa shape index (κ2) is 8.13. The molecule has 29 heavy (non-hydrogen) atoms. The van der Waals surface area contributed by atoms with Gasteiger partial charge in [0.05, 0.1) is 21.6 Å². The molecule has 3 aromatic rings. The first kappa shape index (κ1) is 19.4. The molecule has 3 rings (SSSR count). The molecule has 0 aliphatic carbocycles. The second-order valence-corrected chi connectivity index (χ2v) is 5.84. The lowest BCUT2D eigenvalue weighted by molar-refractivity contribution is -0.393. The van der Waals surface area contributed by atoms with Gasteiger partial charge in [-0.15, -0.1) is 0 Å². The molecule has 0 spiro atoms. The van der Waals surface area contributed by atoms with Crippen LogP contribution in [0.3, 0.4) is 0 Å². The maximum Gasteiger partial charge on any atom is 0.301 e. The molecular weight excluding hydrogens is 383 g/mol.